The van der Waals surface area contributed by atoms with Gasteiger partial charge < -0.3 is 22.5 Å². The maximum absolute atomic E-state index is 11.5. The number of pyridine rings is 1. The van der Waals surface area contributed by atoms with E-state index < -0.39 is 0 Å². The monoisotopic (exact) mass is 341 g/mol. The molecule has 1 N–H and O–H groups in total. The summed E-state index contributed by atoms with van der Waals surface area (Å²) < 4.78 is 4.71. The summed E-state index contributed by atoms with van der Waals surface area (Å²) in [5, 5.41) is 4.48. The fourth-order valence-corrected chi connectivity index (χ4v) is 2.59. The molecule has 0 radical (unpaired) electrons. The van der Waals surface area contributed by atoms with E-state index in [0.29, 0.717) is 5.56 Å². The number of methoxy groups -OCH3 is 1. The van der Waals surface area contributed by atoms with Gasteiger partial charge in [-0.2, -0.15) is 0 Å². The molecular formula is C19H18ClN2O2-. The predicted octanol–water partition coefficient (Wildman–Crippen LogP) is 1.39. The minimum Gasteiger partial charge on any atom is -1.00 e. The van der Waals surface area contributed by atoms with E-state index >= 15 is 0 Å². The van der Waals surface area contributed by atoms with Gasteiger partial charge in [-0.25, -0.2) is 4.79 Å². The van der Waals surface area contributed by atoms with Crippen LogP contribution in [-0.4, -0.2) is 18.1 Å². The number of fused-ring (bicyclic) bond motifs is 1. The average Bonchev–Trinajstić information content (AvgIpc) is 2.56. The zero-order valence-corrected chi connectivity index (χ0v) is 14.5. The lowest BCUT2D eigenvalue weighted by Crippen LogP contribution is -3.00. The third kappa shape index (κ3) is 3.49. The normalized spacial score (nSPS) is 10.1. The Morgan fingerprint density at radius 1 is 1.08 bits per heavy atom. The van der Waals surface area contributed by atoms with Gasteiger partial charge in [0.1, 0.15) is 0 Å². The molecule has 0 spiro atoms. The summed E-state index contributed by atoms with van der Waals surface area (Å²) >= 11 is 0. The number of nitrogens with one attached hydrogen (secondary N) is 1. The molecule has 4 nitrogen and oxygen atoms in total. The van der Waals surface area contributed by atoms with E-state index in [0.717, 1.165) is 33.5 Å². The second kappa shape index (κ2) is 7.32. The van der Waals surface area contributed by atoms with E-state index in [1.807, 2.05) is 31.2 Å². The van der Waals surface area contributed by atoms with Crippen molar-refractivity contribution in [3.05, 3.63) is 65.4 Å². The van der Waals surface area contributed by atoms with Crippen molar-refractivity contribution in [2.75, 3.05) is 12.4 Å². The molecule has 0 atom stereocenters. The molecule has 3 rings (SSSR count). The number of aromatic nitrogens is 1. The van der Waals surface area contributed by atoms with Gasteiger partial charge in [-0.15, -0.1) is 0 Å². The van der Waals surface area contributed by atoms with Crippen molar-refractivity contribution in [2.24, 2.45) is 0 Å². The van der Waals surface area contributed by atoms with Crippen LogP contribution in [0.1, 0.15) is 21.6 Å². The van der Waals surface area contributed by atoms with Gasteiger partial charge in [0, 0.05) is 22.5 Å². The third-order valence-electron chi connectivity index (χ3n) is 3.75. The number of carbonyl (C=O) groups excluding carboxylic acids is 1. The second-order valence-electron chi connectivity index (χ2n) is 5.48. The molecule has 0 aliphatic carbocycles. The van der Waals surface area contributed by atoms with Crippen LogP contribution >= 0.6 is 0 Å². The largest absolute Gasteiger partial charge is 1.00 e. The summed E-state index contributed by atoms with van der Waals surface area (Å²) in [6.45, 7) is 4.04. The average molecular weight is 342 g/mol. The number of benzene rings is 2. The van der Waals surface area contributed by atoms with E-state index in [4.69, 9.17) is 4.74 Å². The molecule has 0 fully saturated rings. The number of anilines is 2. The Morgan fingerprint density at radius 3 is 2.46 bits per heavy atom. The molecule has 0 saturated heterocycles. The molecule has 0 unspecified atom stereocenters. The van der Waals surface area contributed by atoms with Gasteiger partial charge in [0.05, 0.1) is 18.2 Å². The minimum atomic E-state index is -0.336. The minimum absolute atomic E-state index is 0. The number of aryl methyl sites for hydroxylation is 2. The number of nitrogens with zero attached hydrogens (tertiary/aromatic N) is 1. The van der Waals surface area contributed by atoms with Crippen LogP contribution in [0.25, 0.3) is 10.9 Å². The van der Waals surface area contributed by atoms with Gasteiger partial charge in [-0.3, -0.25) is 4.98 Å². The highest BCUT2D eigenvalue weighted by Gasteiger charge is 2.08. The van der Waals surface area contributed by atoms with E-state index in [1.54, 1.807) is 12.1 Å². The van der Waals surface area contributed by atoms with Gasteiger partial charge in [0.2, 0.25) is 0 Å². The van der Waals surface area contributed by atoms with E-state index in [1.165, 1.54) is 7.11 Å². The quantitative estimate of drug-likeness (QED) is 0.731. The Morgan fingerprint density at radius 2 is 1.79 bits per heavy atom. The molecule has 3 aromatic rings. The molecule has 0 amide bonds. The maximum Gasteiger partial charge on any atom is 0.337 e. The van der Waals surface area contributed by atoms with Crippen LogP contribution in [0.3, 0.4) is 0 Å². The summed E-state index contributed by atoms with van der Waals surface area (Å²) in [5.41, 5.74) is 5.55. The van der Waals surface area contributed by atoms with Crippen molar-refractivity contribution in [2.45, 2.75) is 13.8 Å². The molecule has 1 aromatic heterocycles. The van der Waals surface area contributed by atoms with E-state index in [2.05, 4.69) is 29.4 Å². The van der Waals surface area contributed by atoms with Gasteiger partial charge >= 0.3 is 5.97 Å². The molecule has 0 saturated carbocycles. The number of hydrogen-bond acceptors (Lipinski definition) is 4. The van der Waals surface area contributed by atoms with Crippen LogP contribution in [0.4, 0.5) is 11.4 Å². The number of halogens is 1. The molecule has 0 aliphatic rings. The van der Waals surface area contributed by atoms with Crippen molar-refractivity contribution in [1.82, 2.24) is 4.98 Å². The highest BCUT2D eigenvalue weighted by Crippen LogP contribution is 2.28. The van der Waals surface area contributed by atoms with Crippen molar-refractivity contribution >= 4 is 28.2 Å². The number of esters is 1. The van der Waals surface area contributed by atoms with Crippen molar-refractivity contribution in [1.29, 1.82) is 0 Å². The molecular weight excluding hydrogens is 324 g/mol. The van der Waals surface area contributed by atoms with Crippen LogP contribution in [-0.2, 0) is 4.74 Å². The summed E-state index contributed by atoms with van der Waals surface area (Å²) in [6, 6.07) is 15.4. The smallest absolute Gasteiger partial charge is 0.337 e. The Bertz CT molecular complexity index is 876. The van der Waals surface area contributed by atoms with Crippen LogP contribution in [0, 0.1) is 13.8 Å². The summed E-state index contributed by atoms with van der Waals surface area (Å²) in [4.78, 5) is 16.1. The van der Waals surface area contributed by atoms with Gasteiger partial charge in [-0.1, -0.05) is 18.2 Å². The first-order valence-corrected chi connectivity index (χ1v) is 7.41. The van der Waals surface area contributed by atoms with Crippen LogP contribution in [0.5, 0.6) is 0 Å². The van der Waals surface area contributed by atoms with E-state index in [-0.39, 0.29) is 18.4 Å². The molecule has 5 heteroatoms. The molecule has 24 heavy (non-hydrogen) atoms. The first-order chi connectivity index (χ1) is 11.1. The Hall–Kier alpha value is -2.59. The molecule has 0 aliphatic heterocycles. The molecule has 0 bridgehead atoms. The van der Waals surface area contributed by atoms with Crippen molar-refractivity contribution < 1.29 is 21.9 Å². The summed E-state index contributed by atoms with van der Waals surface area (Å²) in [5.74, 6) is -0.336. The number of ether oxygens (including phenoxy) is 1. The lowest BCUT2D eigenvalue weighted by molar-refractivity contribution is -0.0000194. The van der Waals surface area contributed by atoms with Gasteiger partial charge in [0.25, 0.3) is 0 Å². The van der Waals surface area contributed by atoms with Gasteiger partial charge in [0.15, 0.2) is 0 Å². The van der Waals surface area contributed by atoms with Crippen LogP contribution < -0.4 is 17.7 Å². The number of hydrogen-bond donors (Lipinski definition) is 1. The fourth-order valence-electron chi connectivity index (χ4n) is 2.59. The highest BCUT2D eigenvalue weighted by molar-refractivity contribution is 5.95. The lowest BCUT2D eigenvalue weighted by Gasteiger charge is -2.12. The zero-order chi connectivity index (χ0) is 16.4. The predicted molar refractivity (Wildman–Crippen MR) is 92.3 cm³/mol. The number of carbonyl (C=O) groups is 1. The highest BCUT2D eigenvalue weighted by atomic mass is 35.5. The second-order valence-corrected chi connectivity index (χ2v) is 5.48. The van der Waals surface area contributed by atoms with Crippen molar-refractivity contribution in [3.63, 3.8) is 0 Å². The standard InChI is InChI=1S/C19H18N2O2.ClH/c1-12-5-4-6-16-17(11-13(2)20-18(12)16)21-15-9-7-14(8-10-15)19(22)23-3;/h4-11H,1-3H3,(H,20,21);1H/p-1. The molecule has 124 valence electrons. The first-order valence-electron chi connectivity index (χ1n) is 7.41. The number of para-hydroxylation sites is 1. The number of rotatable bonds is 3. The zero-order valence-electron chi connectivity index (χ0n) is 13.8. The Balaban J connectivity index is 0.00000208. The summed E-state index contributed by atoms with van der Waals surface area (Å²) in [6.07, 6.45) is 0. The van der Waals surface area contributed by atoms with E-state index in [9.17, 15) is 4.79 Å². The molecule has 2 aromatic carbocycles. The lowest BCUT2D eigenvalue weighted by atomic mass is 10.1. The fraction of sp³-hybridized carbons (Fsp3) is 0.158. The van der Waals surface area contributed by atoms with Crippen molar-refractivity contribution in [3.8, 4) is 0 Å². The topological polar surface area (TPSA) is 51.2 Å². The Kier molecular flexibility index (Phi) is 5.42. The maximum atomic E-state index is 11.5. The third-order valence-corrected chi connectivity index (χ3v) is 3.75. The van der Waals surface area contributed by atoms with Crippen LogP contribution in [0.15, 0.2) is 48.5 Å². The van der Waals surface area contributed by atoms with Gasteiger partial charge in [-0.05, 0) is 49.7 Å². The first kappa shape index (κ1) is 17.8. The Labute approximate surface area is 147 Å². The van der Waals surface area contributed by atoms with Crippen LogP contribution in [0.2, 0.25) is 0 Å². The molecule has 1 heterocycles. The SMILES string of the molecule is COC(=O)c1ccc(Nc2cc(C)nc3c(C)cccc23)cc1.[Cl-]. The summed E-state index contributed by atoms with van der Waals surface area (Å²) in [7, 11) is 1.38.